The minimum Gasteiger partial charge on any atom is -0.448 e. The number of primary amides is 1. The lowest BCUT2D eigenvalue weighted by Gasteiger charge is -2.37. The van der Waals surface area contributed by atoms with E-state index in [9.17, 15) is 14.4 Å². The number of cyclic esters (lactones) is 1. The Bertz CT molecular complexity index is 908. The van der Waals surface area contributed by atoms with Gasteiger partial charge in [-0.25, -0.2) is 4.79 Å². The molecule has 0 aromatic heterocycles. The fourth-order valence-corrected chi connectivity index (χ4v) is 3.66. The lowest BCUT2D eigenvalue weighted by Crippen LogP contribution is -2.55. The highest BCUT2D eigenvalue weighted by molar-refractivity contribution is 5.97. The van der Waals surface area contributed by atoms with Crippen LogP contribution in [-0.4, -0.2) is 34.8 Å². The van der Waals surface area contributed by atoms with Crippen molar-refractivity contribution in [3.05, 3.63) is 70.8 Å². The topological polar surface area (TPSA) is 89.7 Å². The van der Waals surface area contributed by atoms with E-state index in [0.29, 0.717) is 18.4 Å². The van der Waals surface area contributed by atoms with Crippen LogP contribution in [0, 0.1) is 0 Å². The highest BCUT2D eigenvalue weighted by Crippen LogP contribution is 2.27. The molecule has 0 aliphatic carbocycles. The molecule has 0 saturated heterocycles. The van der Waals surface area contributed by atoms with Crippen molar-refractivity contribution in [1.29, 1.82) is 0 Å². The van der Waals surface area contributed by atoms with Gasteiger partial charge in [-0.05, 0) is 22.8 Å². The zero-order valence-corrected chi connectivity index (χ0v) is 14.1. The summed E-state index contributed by atoms with van der Waals surface area (Å²) in [6.07, 6.45) is -0.275. The van der Waals surface area contributed by atoms with Crippen LogP contribution in [0.2, 0.25) is 0 Å². The summed E-state index contributed by atoms with van der Waals surface area (Å²) in [5, 5.41) is 0. The maximum absolute atomic E-state index is 13.1. The predicted octanol–water partition coefficient (Wildman–Crippen LogP) is 1.21. The second-order valence-corrected chi connectivity index (χ2v) is 6.61. The number of benzene rings is 2. The zero-order valence-electron chi connectivity index (χ0n) is 14.1. The van der Waals surface area contributed by atoms with Crippen LogP contribution >= 0.6 is 0 Å². The molecule has 0 fully saturated rings. The largest absolute Gasteiger partial charge is 0.448 e. The number of nitrogens with zero attached hydrogens (tertiary/aromatic N) is 1. The van der Waals surface area contributed by atoms with Crippen LogP contribution in [0.25, 0.3) is 0 Å². The molecule has 2 aromatic carbocycles. The van der Waals surface area contributed by atoms with Crippen LogP contribution in [0.15, 0.2) is 48.5 Å². The second kappa shape index (κ2) is 6.29. The normalized spacial score (nSPS) is 21.4. The standard InChI is InChI=1S/C20H18N2O4/c21-18(23)16-9-12-5-1-2-7-14(12)11-22(16)19(24)17-10-13-6-3-4-8-15(13)20(25)26-17/h1-8,16-17H,9-11H2,(H2,21,23)/t16-,17-/m1/s1. The van der Waals surface area contributed by atoms with Gasteiger partial charge in [0.05, 0.1) is 5.56 Å². The Labute approximate surface area is 150 Å². The lowest BCUT2D eigenvalue weighted by molar-refractivity contribution is -0.148. The number of hydrogen-bond donors (Lipinski definition) is 1. The highest BCUT2D eigenvalue weighted by atomic mass is 16.5. The lowest BCUT2D eigenvalue weighted by atomic mass is 9.92. The summed E-state index contributed by atoms with van der Waals surface area (Å²) in [6.45, 7) is 0.276. The van der Waals surface area contributed by atoms with Crippen LogP contribution < -0.4 is 5.73 Å². The summed E-state index contributed by atoms with van der Waals surface area (Å²) in [5.41, 5.74) is 8.78. The van der Waals surface area contributed by atoms with Crippen molar-refractivity contribution in [3.8, 4) is 0 Å². The van der Waals surface area contributed by atoms with Gasteiger partial charge in [0.2, 0.25) is 5.91 Å². The first-order valence-corrected chi connectivity index (χ1v) is 8.50. The minimum atomic E-state index is -0.940. The van der Waals surface area contributed by atoms with Crippen LogP contribution in [0.3, 0.4) is 0 Å². The minimum absolute atomic E-state index is 0.276. The van der Waals surface area contributed by atoms with E-state index in [4.69, 9.17) is 10.5 Å². The van der Waals surface area contributed by atoms with Gasteiger partial charge in [0.15, 0.2) is 6.10 Å². The highest BCUT2D eigenvalue weighted by Gasteiger charge is 2.40. The van der Waals surface area contributed by atoms with Gasteiger partial charge < -0.3 is 15.4 Å². The molecular weight excluding hydrogens is 332 g/mol. The molecule has 132 valence electrons. The van der Waals surface area contributed by atoms with Gasteiger partial charge in [-0.2, -0.15) is 0 Å². The Morgan fingerprint density at radius 2 is 1.62 bits per heavy atom. The van der Waals surface area contributed by atoms with E-state index in [-0.39, 0.29) is 12.5 Å². The summed E-state index contributed by atoms with van der Waals surface area (Å²) in [4.78, 5) is 38.7. The molecule has 0 spiro atoms. The Hall–Kier alpha value is -3.15. The van der Waals surface area contributed by atoms with Crippen molar-refractivity contribution in [1.82, 2.24) is 4.90 Å². The number of carbonyl (C=O) groups excluding carboxylic acids is 3. The molecule has 2 atom stereocenters. The molecule has 2 heterocycles. The van der Waals surface area contributed by atoms with Gasteiger partial charge in [-0.15, -0.1) is 0 Å². The number of esters is 1. The fraction of sp³-hybridized carbons (Fsp3) is 0.250. The molecule has 0 saturated carbocycles. The molecule has 4 rings (SSSR count). The monoisotopic (exact) mass is 350 g/mol. The van der Waals surface area contributed by atoms with Gasteiger partial charge in [0.25, 0.3) is 5.91 Å². The fourth-order valence-electron chi connectivity index (χ4n) is 3.66. The van der Waals surface area contributed by atoms with E-state index >= 15 is 0 Å². The predicted molar refractivity (Wildman–Crippen MR) is 93.0 cm³/mol. The van der Waals surface area contributed by atoms with Crippen molar-refractivity contribution >= 4 is 17.8 Å². The average molecular weight is 350 g/mol. The van der Waals surface area contributed by atoms with Crippen LogP contribution in [-0.2, 0) is 33.7 Å². The molecular formula is C20H18N2O4. The van der Waals surface area contributed by atoms with Gasteiger partial charge in [-0.1, -0.05) is 42.5 Å². The van der Waals surface area contributed by atoms with E-state index in [1.54, 1.807) is 12.1 Å². The quantitative estimate of drug-likeness (QED) is 0.825. The summed E-state index contributed by atoms with van der Waals surface area (Å²) >= 11 is 0. The van der Waals surface area contributed by atoms with Crippen molar-refractivity contribution in [2.45, 2.75) is 31.5 Å². The van der Waals surface area contributed by atoms with Crippen LogP contribution in [0.1, 0.15) is 27.0 Å². The molecule has 0 unspecified atom stereocenters. The first-order chi connectivity index (χ1) is 12.5. The molecule has 2 aromatic rings. The van der Waals surface area contributed by atoms with E-state index in [1.165, 1.54) is 4.90 Å². The van der Waals surface area contributed by atoms with Crippen molar-refractivity contribution in [2.24, 2.45) is 5.73 Å². The summed E-state index contributed by atoms with van der Waals surface area (Å²) < 4.78 is 5.36. The maximum atomic E-state index is 13.1. The van der Waals surface area contributed by atoms with Crippen molar-refractivity contribution in [3.63, 3.8) is 0 Å². The number of rotatable bonds is 2. The molecule has 0 bridgehead atoms. The third-order valence-electron chi connectivity index (χ3n) is 5.03. The third-order valence-corrected chi connectivity index (χ3v) is 5.03. The smallest absolute Gasteiger partial charge is 0.339 e. The summed E-state index contributed by atoms with van der Waals surface area (Å²) in [6, 6.07) is 14.0. The molecule has 26 heavy (non-hydrogen) atoms. The van der Waals surface area contributed by atoms with Gasteiger partial charge in [-0.3, -0.25) is 9.59 Å². The Kier molecular flexibility index (Phi) is 3.95. The number of fused-ring (bicyclic) bond motifs is 2. The molecule has 2 aliphatic rings. The number of hydrogen-bond acceptors (Lipinski definition) is 4. The third kappa shape index (κ3) is 2.73. The first kappa shape index (κ1) is 16.3. The van der Waals surface area contributed by atoms with E-state index in [2.05, 4.69) is 0 Å². The van der Waals surface area contributed by atoms with E-state index in [0.717, 1.165) is 16.7 Å². The molecule has 6 heteroatoms. The number of carbonyl (C=O) groups is 3. The SMILES string of the molecule is NC(=O)[C@H]1Cc2ccccc2CN1C(=O)[C@H]1Cc2ccccc2C(=O)O1. The molecule has 2 N–H and O–H groups in total. The van der Waals surface area contributed by atoms with Crippen molar-refractivity contribution in [2.75, 3.05) is 0 Å². The first-order valence-electron chi connectivity index (χ1n) is 8.50. The Morgan fingerprint density at radius 1 is 0.962 bits per heavy atom. The average Bonchev–Trinajstić information content (AvgIpc) is 2.66. The number of amides is 2. The van der Waals surface area contributed by atoms with Gasteiger partial charge >= 0.3 is 5.97 Å². The molecule has 2 aliphatic heterocycles. The Balaban J connectivity index is 1.63. The Morgan fingerprint density at radius 3 is 2.35 bits per heavy atom. The summed E-state index contributed by atoms with van der Waals surface area (Å²) in [7, 11) is 0. The molecule has 0 radical (unpaired) electrons. The van der Waals surface area contributed by atoms with Crippen LogP contribution in [0.5, 0.6) is 0 Å². The number of ether oxygens (including phenoxy) is 1. The van der Waals surface area contributed by atoms with Gasteiger partial charge in [0, 0.05) is 19.4 Å². The maximum Gasteiger partial charge on any atom is 0.339 e. The zero-order chi connectivity index (χ0) is 18.3. The van der Waals surface area contributed by atoms with Crippen molar-refractivity contribution < 1.29 is 19.1 Å². The number of nitrogens with two attached hydrogens (primary N) is 1. The van der Waals surface area contributed by atoms with E-state index < -0.39 is 24.0 Å². The molecule has 6 nitrogen and oxygen atoms in total. The molecule has 2 amide bonds. The summed E-state index contributed by atoms with van der Waals surface area (Å²) in [5.74, 6) is -1.46. The van der Waals surface area contributed by atoms with E-state index in [1.807, 2.05) is 36.4 Å². The second-order valence-electron chi connectivity index (χ2n) is 6.61. The van der Waals surface area contributed by atoms with Gasteiger partial charge in [0.1, 0.15) is 6.04 Å². The van der Waals surface area contributed by atoms with Crippen LogP contribution in [0.4, 0.5) is 0 Å².